The SMILES string of the molecule is CC(C)[Si](c1cc(-c2ccc3c(c2)NC(=O)/C3=C2/C(=O)Nc3ccccc32)sc1-c1ccc2c(c1)NC(=O)/C2=C1/C(=O)Nc2ccccc21)(C(C)C)C(C)C. The molecule has 0 spiro atoms. The average Bonchev–Trinajstić information content (AvgIpc) is 3.94. The Hall–Kier alpha value is -5.84. The Bertz CT molecular complexity index is 2610. The first kappa shape index (κ1) is 34.9. The highest BCUT2D eigenvalue weighted by atomic mass is 32.1. The van der Waals surface area contributed by atoms with Gasteiger partial charge in [0.05, 0.1) is 30.4 Å². The van der Waals surface area contributed by atoms with Gasteiger partial charge in [0.15, 0.2) is 0 Å². The van der Waals surface area contributed by atoms with Gasteiger partial charge in [-0.3, -0.25) is 19.2 Å². The largest absolute Gasteiger partial charge is 0.321 e. The lowest BCUT2D eigenvalue weighted by Crippen LogP contribution is -2.55. The number of rotatable bonds is 6. The Morgan fingerprint density at radius 3 is 1.29 bits per heavy atom. The first-order valence-corrected chi connectivity index (χ1v) is 21.8. The number of thiophene rings is 1. The summed E-state index contributed by atoms with van der Waals surface area (Å²) in [6.07, 6.45) is 0. The van der Waals surface area contributed by atoms with E-state index in [1.54, 1.807) is 11.3 Å². The van der Waals surface area contributed by atoms with Crippen LogP contribution in [0.4, 0.5) is 22.7 Å². The van der Waals surface area contributed by atoms with Gasteiger partial charge in [0, 0.05) is 54.8 Å². The normalized spacial score (nSPS) is 18.4. The van der Waals surface area contributed by atoms with Crippen LogP contribution < -0.4 is 26.5 Å². The molecule has 0 unspecified atom stereocenters. The highest BCUT2D eigenvalue weighted by molar-refractivity contribution is 7.21. The highest BCUT2D eigenvalue weighted by Crippen LogP contribution is 2.49. The van der Waals surface area contributed by atoms with Gasteiger partial charge >= 0.3 is 0 Å². The summed E-state index contributed by atoms with van der Waals surface area (Å²) >= 11 is 1.73. The maximum absolute atomic E-state index is 13.6. The van der Waals surface area contributed by atoms with E-state index in [9.17, 15) is 19.2 Å². The van der Waals surface area contributed by atoms with Crippen molar-refractivity contribution in [3.8, 4) is 20.9 Å². The molecule has 0 fully saturated rings. The summed E-state index contributed by atoms with van der Waals surface area (Å²) < 4.78 is 0. The van der Waals surface area contributed by atoms with Crippen LogP contribution in [0.1, 0.15) is 63.8 Å². The fourth-order valence-corrected chi connectivity index (χ4v) is 18.5. The number of hydrogen-bond donors (Lipinski definition) is 4. The zero-order valence-corrected chi connectivity index (χ0v) is 33.3. The van der Waals surface area contributed by atoms with Crippen LogP contribution in [0.5, 0.6) is 0 Å². The topological polar surface area (TPSA) is 116 Å². The second-order valence-corrected chi connectivity index (χ2v) is 22.6. The number of benzene rings is 4. The summed E-state index contributed by atoms with van der Waals surface area (Å²) in [5, 5.41) is 13.3. The maximum atomic E-state index is 13.6. The Kier molecular flexibility index (Phi) is 8.00. The van der Waals surface area contributed by atoms with E-state index in [1.165, 1.54) is 10.1 Å². The number of anilines is 4. The second kappa shape index (κ2) is 12.6. The molecule has 0 atom stereocenters. The van der Waals surface area contributed by atoms with E-state index >= 15 is 0 Å². The van der Waals surface area contributed by atoms with Crippen LogP contribution >= 0.6 is 11.3 Å². The molecular weight excluding hydrogens is 721 g/mol. The van der Waals surface area contributed by atoms with E-state index in [0.29, 0.717) is 72.8 Å². The first-order chi connectivity index (χ1) is 26.4. The summed E-state index contributed by atoms with van der Waals surface area (Å²) in [6, 6.07) is 29.4. The highest BCUT2D eigenvalue weighted by Gasteiger charge is 2.47. The maximum Gasteiger partial charge on any atom is 0.257 e. The number of para-hydroxylation sites is 2. The van der Waals surface area contributed by atoms with Crippen molar-refractivity contribution in [2.45, 2.75) is 58.2 Å². The zero-order valence-electron chi connectivity index (χ0n) is 31.4. The molecule has 4 amide bonds. The second-order valence-electron chi connectivity index (χ2n) is 15.7. The van der Waals surface area contributed by atoms with Crippen LogP contribution in [0, 0.1) is 0 Å². The molecule has 10 heteroatoms. The van der Waals surface area contributed by atoms with Crippen molar-refractivity contribution in [1.82, 2.24) is 0 Å². The molecule has 274 valence electrons. The van der Waals surface area contributed by atoms with Gasteiger partial charge in [0.25, 0.3) is 23.6 Å². The van der Waals surface area contributed by atoms with Crippen molar-refractivity contribution >= 4 is 93.3 Å². The van der Waals surface area contributed by atoms with Crippen molar-refractivity contribution in [2.24, 2.45) is 0 Å². The quantitative estimate of drug-likeness (QED) is 0.102. The fourth-order valence-electron chi connectivity index (χ4n) is 9.87. The van der Waals surface area contributed by atoms with E-state index < -0.39 is 8.07 Å². The predicted octanol–water partition coefficient (Wildman–Crippen LogP) is 9.60. The molecule has 55 heavy (non-hydrogen) atoms. The summed E-state index contributed by atoms with van der Waals surface area (Å²) in [6.45, 7) is 14.1. The molecule has 4 N–H and O–H groups in total. The van der Waals surface area contributed by atoms with Crippen LogP contribution in [0.25, 0.3) is 43.2 Å². The van der Waals surface area contributed by atoms with Crippen LogP contribution in [0.2, 0.25) is 16.6 Å². The van der Waals surface area contributed by atoms with Gasteiger partial charge in [-0.1, -0.05) is 102 Å². The molecular formula is C45H40N4O4SSi. The van der Waals surface area contributed by atoms with Gasteiger partial charge in [0.2, 0.25) is 0 Å². The average molecular weight is 761 g/mol. The number of carbonyl (C=O) groups excluding carboxylic acids is 4. The van der Waals surface area contributed by atoms with Gasteiger partial charge in [-0.05, 0) is 63.3 Å². The van der Waals surface area contributed by atoms with Gasteiger partial charge in [0.1, 0.15) is 0 Å². The van der Waals surface area contributed by atoms with Gasteiger partial charge in [-0.25, -0.2) is 0 Å². The number of hydrogen-bond acceptors (Lipinski definition) is 5. The summed E-state index contributed by atoms with van der Waals surface area (Å²) in [5.41, 5.74) is 10.5. The van der Waals surface area contributed by atoms with E-state index in [-0.39, 0.29) is 23.6 Å². The van der Waals surface area contributed by atoms with E-state index in [1.807, 2.05) is 72.8 Å². The Morgan fingerprint density at radius 1 is 0.455 bits per heavy atom. The molecule has 5 aromatic rings. The zero-order chi connectivity index (χ0) is 38.5. The lowest BCUT2D eigenvalue weighted by Gasteiger charge is -2.43. The minimum atomic E-state index is -2.23. The Balaban J connectivity index is 1.19. The van der Waals surface area contributed by atoms with Gasteiger partial charge in [-0.15, -0.1) is 11.3 Å². The predicted molar refractivity (Wildman–Crippen MR) is 227 cm³/mol. The molecule has 0 saturated carbocycles. The van der Waals surface area contributed by atoms with Crippen LogP contribution in [-0.2, 0) is 19.2 Å². The minimum absolute atomic E-state index is 0.278. The third-order valence-corrected chi connectivity index (χ3v) is 20.5. The monoisotopic (exact) mass is 760 g/mol. The third-order valence-electron chi connectivity index (χ3n) is 12.0. The fraction of sp³-hybridized carbons (Fsp3) is 0.200. The van der Waals surface area contributed by atoms with Crippen LogP contribution in [-0.4, -0.2) is 31.7 Å². The van der Waals surface area contributed by atoms with Crippen molar-refractivity contribution in [1.29, 1.82) is 0 Å². The van der Waals surface area contributed by atoms with E-state index in [0.717, 1.165) is 27.1 Å². The summed E-state index contributed by atoms with van der Waals surface area (Å²) in [7, 11) is -2.23. The molecule has 1 aromatic heterocycles. The number of amides is 4. The van der Waals surface area contributed by atoms with Crippen molar-refractivity contribution in [2.75, 3.05) is 21.3 Å². The smallest absolute Gasteiger partial charge is 0.257 e. The molecule has 9 rings (SSSR count). The number of fused-ring (bicyclic) bond motifs is 4. The Labute approximate surface area is 324 Å². The molecule has 4 aliphatic heterocycles. The van der Waals surface area contributed by atoms with Crippen molar-refractivity contribution in [3.63, 3.8) is 0 Å². The molecule has 0 bridgehead atoms. The third kappa shape index (κ3) is 5.08. The molecule has 0 radical (unpaired) electrons. The number of carbonyl (C=O) groups is 4. The standard InChI is InChI=1S/C45H40N4O4SSi/c1-22(2)55(23(3)4,24(5)6)36-21-35(25-15-17-29-33(19-25)48-44(52)39(29)37-27-11-7-9-13-31(27)46-42(37)50)54-41(36)26-16-18-30-34(20-26)49-45(53)40(30)38-28-12-8-10-14-32(28)47-43(38)51/h7-24H,1-6H3,(H,46,50)(H,47,51)(H,48,52)(H,49,53)/b39-37+,40-38+. The lowest BCUT2D eigenvalue weighted by molar-refractivity contribution is -0.112. The summed E-state index contributed by atoms with van der Waals surface area (Å²) in [5.74, 6) is -1.14. The van der Waals surface area contributed by atoms with Crippen LogP contribution in [0.15, 0.2) is 91.0 Å². The van der Waals surface area contributed by atoms with Crippen molar-refractivity contribution in [3.05, 3.63) is 113 Å². The van der Waals surface area contributed by atoms with Gasteiger partial charge < -0.3 is 21.3 Å². The minimum Gasteiger partial charge on any atom is -0.321 e. The molecule has 8 nitrogen and oxygen atoms in total. The first-order valence-electron chi connectivity index (χ1n) is 18.8. The number of nitrogens with one attached hydrogen (secondary N) is 4. The molecule has 0 saturated heterocycles. The Morgan fingerprint density at radius 2 is 0.836 bits per heavy atom. The van der Waals surface area contributed by atoms with Crippen LogP contribution in [0.3, 0.4) is 0 Å². The molecule has 5 heterocycles. The van der Waals surface area contributed by atoms with Crippen molar-refractivity contribution < 1.29 is 19.2 Å². The summed E-state index contributed by atoms with van der Waals surface area (Å²) in [4.78, 5) is 55.7. The lowest BCUT2D eigenvalue weighted by atomic mass is 9.95. The molecule has 4 aliphatic rings. The van der Waals surface area contributed by atoms with Gasteiger partial charge in [-0.2, -0.15) is 0 Å². The van der Waals surface area contributed by atoms with E-state index in [2.05, 4.69) is 81.0 Å². The molecule has 0 aliphatic carbocycles. The van der Waals surface area contributed by atoms with E-state index in [4.69, 9.17) is 0 Å². The molecule has 4 aromatic carbocycles.